The van der Waals surface area contributed by atoms with Crippen LogP contribution >= 0.6 is 0 Å². The van der Waals surface area contributed by atoms with Gasteiger partial charge in [0.25, 0.3) is 0 Å². The Bertz CT molecular complexity index is 328. The Morgan fingerprint density at radius 2 is 1.76 bits per heavy atom. The van der Waals surface area contributed by atoms with Gasteiger partial charge in [0.15, 0.2) is 0 Å². The fraction of sp³-hybridized carbons (Fsp3) is 0.625. The predicted octanol–water partition coefficient (Wildman–Crippen LogP) is 3.92. The molecule has 0 aliphatic heterocycles. The minimum absolute atomic E-state index is 0.755. The zero-order valence-electron chi connectivity index (χ0n) is 11.2. The van der Waals surface area contributed by atoms with Gasteiger partial charge in [-0.25, -0.2) is 0 Å². The van der Waals surface area contributed by atoms with Crippen molar-refractivity contribution in [1.29, 1.82) is 0 Å². The van der Waals surface area contributed by atoms with Crippen molar-refractivity contribution < 1.29 is 0 Å². The van der Waals surface area contributed by atoms with E-state index in [2.05, 4.69) is 43.4 Å². The molecule has 1 aliphatic rings. The summed E-state index contributed by atoms with van der Waals surface area (Å²) in [5.74, 6) is 0.968. The van der Waals surface area contributed by atoms with Gasteiger partial charge in [-0.2, -0.15) is 0 Å². The summed E-state index contributed by atoms with van der Waals surface area (Å²) in [5, 5.41) is 3.70. The van der Waals surface area contributed by atoms with Crippen LogP contribution in [0, 0.1) is 5.92 Å². The number of hydrogen-bond donors (Lipinski definition) is 1. The van der Waals surface area contributed by atoms with Gasteiger partial charge in [-0.05, 0) is 42.7 Å². The second kappa shape index (κ2) is 6.20. The quantitative estimate of drug-likeness (QED) is 0.810. The van der Waals surface area contributed by atoms with Crippen molar-refractivity contribution in [2.45, 2.75) is 58.5 Å². The Morgan fingerprint density at radius 3 is 2.35 bits per heavy atom. The van der Waals surface area contributed by atoms with Crippen molar-refractivity contribution in [2.75, 3.05) is 0 Å². The first-order valence-electron chi connectivity index (χ1n) is 7.13. The van der Waals surface area contributed by atoms with Gasteiger partial charge in [-0.3, -0.25) is 0 Å². The van der Waals surface area contributed by atoms with Gasteiger partial charge < -0.3 is 5.32 Å². The van der Waals surface area contributed by atoms with E-state index in [1.165, 1.54) is 36.8 Å². The first kappa shape index (κ1) is 12.6. The fourth-order valence-electron chi connectivity index (χ4n) is 2.79. The van der Waals surface area contributed by atoms with Crippen LogP contribution in [0.5, 0.6) is 0 Å². The van der Waals surface area contributed by atoms with Gasteiger partial charge >= 0.3 is 0 Å². The molecule has 94 valence electrons. The number of aryl methyl sites for hydroxylation is 1. The second-order valence-corrected chi connectivity index (χ2v) is 5.34. The maximum Gasteiger partial charge on any atom is 0.0208 e. The molecule has 2 rings (SSSR count). The number of rotatable bonds is 5. The van der Waals surface area contributed by atoms with Crippen molar-refractivity contribution in [2.24, 2.45) is 5.92 Å². The van der Waals surface area contributed by atoms with E-state index >= 15 is 0 Å². The second-order valence-electron chi connectivity index (χ2n) is 5.34. The minimum atomic E-state index is 0.755. The lowest BCUT2D eigenvalue weighted by atomic mass is 10.1. The lowest BCUT2D eigenvalue weighted by molar-refractivity contribution is 0.477. The molecule has 0 radical (unpaired) electrons. The van der Waals surface area contributed by atoms with Crippen LogP contribution in [-0.2, 0) is 13.0 Å². The maximum absolute atomic E-state index is 3.70. The predicted molar refractivity (Wildman–Crippen MR) is 74.1 cm³/mol. The first-order valence-corrected chi connectivity index (χ1v) is 7.13. The van der Waals surface area contributed by atoms with Crippen molar-refractivity contribution in [3.05, 3.63) is 35.4 Å². The molecule has 1 saturated carbocycles. The number of benzene rings is 1. The molecule has 0 aromatic heterocycles. The Hall–Kier alpha value is -0.820. The minimum Gasteiger partial charge on any atom is -0.310 e. The average Bonchev–Trinajstić information content (AvgIpc) is 2.85. The molecule has 1 aliphatic carbocycles. The molecule has 1 N–H and O–H groups in total. The fourth-order valence-corrected chi connectivity index (χ4v) is 2.79. The van der Waals surface area contributed by atoms with E-state index < -0.39 is 0 Å². The van der Waals surface area contributed by atoms with E-state index in [1.54, 1.807) is 0 Å². The lowest BCUT2D eigenvalue weighted by Crippen LogP contribution is -2.25. The Balaban J connectivity index is 1.78. The van der Waals surface area contributed by atoms with Gasteiger partial charge in [0, 0.05) is 12.6 Å². The van der Waals surface area contributed by atoms with Crippen LogP contribution in [0.25, 0.3) is 0 Å². The van der Waals surface area contributed by atoms with Crippen molar-refractivity contribution >= 4 is 0 Å². The Labute approximate surface area is 106 Å². The third-order valence-corrected chi connectivity index (χ3v) is 4.14. The molecule has 1 heteroatoms. The highest BCUT2D eigenvalue weighted by atomic mass is 14.9. The summed E-state index contributed by atoms with van der Waals surface area (Å²) >= 11 is 0. The van der Waals surface area contributed by atoms with Gasteiger partial charge in [0.05, 0.1) is 0 Å². The lowest BCUT2D eigenvalue weighted by Gasteiger charge is -2.13. The molecule has 2 unspecified atom stereocenters. The molecule has 1 aromatic carbocycles. The monoisotopic (exact) mass is 231 g/mol. The van der Waals surface area contributed by atoms with Crippen LogP contribution < -0.4 is 5.32 Å². The van der Waals surface area contributed by atoms with E-state index in [-0.39, 0.29) is 0 Å². The van der Waals surface area contributed by atoms with Crippen molar-refractivity contribution in [3.63, 3.8) is 0 Å². The highest BCUT2D eigenvalue weighted by Gasteiger charge is 2.22. The molecule has 0 heterocycles. The molecule has 1 nitrogen and oxygen atoms in total. The van der Waals surface area contributed by atoms with E-state index in [0.29, 0.717) is 0 Å². The molecule has 0 saturated heterocycles. The highest BCUT2D eigenvalue weighted by Crippen LogP contribution is 2.27. The van der Waals surface area contributed by atoms with Crippen LogP contribution in [0.2, 0.25) is 0 Å². The van der Waals surface area contributed by atoms with Crippen LogP contribution in [0.1, 0.15) is 50.7 Å². The SMILES string of the molecule is CCc1ccc(CNC2CCC(CC)C2)cc1. The van der Waals surface area contributed by atoms with Crippen molar-refractivity contribution in [3.8, 4) is 0 Å². The molecule has 1 aromatic rings. The molecule has 17 heavy (non-hydrogen) atoms. The molecule has 1 fully saturated rings. The molecule has 2 atom stereocenters. The highest BCUT2D eigenvalue weighted by molar-refractivity contribution is 5.22. The Morgan fingerprint density at radius 1 is 1.06 bits per heavy atom. The summed E-state index contributed by atoms with van der Waals surface area (Å²) in [4.78, 5) is 0. The molecule has 0 bridgehead atoms. The Kier molecular flexibility index (Phi) is 4.61. The van der Waals surface area contributed by atoms with E-state index in [1.807, 2.05) is 0 Å². The van der Waals surface area contributed by atoms with Crippen LogP contribution in [0.4, 0.5) is 0 Å². The number of nitrogens with one attached hydrogen (secondary N) is 1. The summed E-state index contributed by atoms with van der Waals surface area (Å²) in [6, 6.07) is 9.78. The van der Waals surface area contributed by atoms with Crippen LogP contribution in [-0.4, -0.2) is 6.04 Å². The van der Waals surface area contributed by atoms with Crippen molar-refractivity contribution in [1.82, 2.24) is 5.32 Å². The van der Waals surface area contributed by atoms with E-state index in [4.69, 9.17) is 0 Å². The van der Waals surface area contributed by atoms with Gasteiger partial charge in [0.2, 0.25) is 0 Å². The molecular weight excluding hydrogens is 206 g/mol. The number of hydrogen-bond acceptors (Lipinski definition) is 1. The largest absolute Gasteiger partial charge is 0.310 e. The van der Waals surface area contributed by atoms with Gasteiger partial charge in [-0.1, -0.05) is 44.5 Å². The normalized spacial score (nSPS) is 24.1. The average molecular weight is 231 g/mol. The molecule has 0 amide bonds. The van der Waals surface area contributed by atoms with Crippen LogP contribution in [0.15, 0.2) is 24.3 Å². The third-order valence-electron chi connectivity index (χ3n) is 4.14. The first-order chi connectivity index (χ1) is 8.31. The standard InChI is InChI=1S/C16H25N/c1-3-13-5-7-15(8-6-13)12-17-16-10-9-14(4-2)11-16/h5-8,14,16-17H,3-4,9-12H2,1-2H3. The summed E-state index contributed by atoms with van der Waals surface area (Å²) in [7, 11) is 0. The summed E-state index contributed by atoms with van der Waals surface area (Å²) in [6.07, 6.45) is 6.65. The molecular formula is C16H25N. The zero-order valence-corrected chi connectivity index (χ0v) is 11.2. The van der Waals surface area contributed by atoms with E-state index in [0.717, 1.165) is 24.9 Å². The third kappa shape index (κ3) is 3.57. The topological polar surface area (TPSA) is 12.0 Å². The zero-order chi connectivity index (χ0) is 12.1. The summed E-state index contributed by atoms with van der Waals surface area (Å²) in [5.41, 5.74) is 2.85. The summed E-state index contributed by atoms with van der Waals surface area (Å²) < 4.78 is 0. The van der Waals surface area contributed by atoms with Gasteiger partial charge in [-0.15, -0.1) is 0 Å². The maximum atomic E-state index is 3.70. The van der Waals surface area contributed by atoms with Crippen LogP contribution in [0.3, 0.4) is 0 Å². The summed E-state index contributed by atoms with van der Waals surface area (Å²) in [6.45, 7) is 5.55. The smallest absolute Gasteiger partial charge is 0.0208 e. The van der Waals surface area contributed by atoms with E-state index in [9.17, 15) is 0 Å². The molecule has 0 spiro atoms. The van der Waals surface area contributed by atoms with Gasteiger partial charge in [0.1, 0.15) is 0 Å².